The van der Waals surface area contributed by atoms with Gasteiger partial charge in [-0.25, -0.2) is 0 Å². The summed E-state index contributed by atoms with van der Waals surface area (Å²) in [4.78, 5) is 42.2. The van der Waals surface area contributed by atoms with Crippen molar-refractivity contribution in [3.63, 3.8) is 0 Å². The van der Waals surface area contributed by atoms with Crippen molar-refractivity contribution in [2.24, 2.45) is 29.6 Å². The zero-order chi connectivity index (χ0) is 24.1. The number of rotatable bonds is 9. The molecule has 186 valence electrons. The second-order valence-corrected chi connectivity index (χ2v) is 10.3. The van der Waals surface area contributed by atoms with Crippen LogP contribution in [0.5, 0.6) is 0 Å². The fraction of sp³-hybridized carbons (Fsp3) is 0.808. The maximum atomic E-state index is 13.9. The normalized spacial score (nSPS) is 30.9. The molecular formula is C26H42N2O5. The average Bonchev–Trinajstić information content (AvgIpc) is 3.09. The lowest BCUT2D eigenvalue weighted by molar-refractivity contribution is -0.156. The molecule has 0 spiro atoms. The summed E-state index contributed by atoms with van der Waals surface area (Å²) in [5.41, 5.74) is 0. The summed E-state index contributed by atoms with van der Waals surface area (Å²) < 4.78 is 5.38. The molecule has 2 fully saturated rings. The predicted molar refractivity (Wildman–Crippen MR) is 126 cm³/mol. The van der Waals surface area contributed by atoms with E-state index in [0.29, 0.717) is 12.8 Å². The summed E-state index contributed by atoms with van der Waals surface area (Å²) in [5, 5.41) is 13.4. The molecule has 1 saturated carbocycles. The van der Waals surface area contributed by atoms with Gasteiger partial charge < -0.3 is 20.1 Å². The van der Waals surface area contributed by atoms with Crippen molar-refractivity contribution in [3.8, 4) is 0 Å². The zero-order valence-corrected chi connectivity index (χ0v) is 20.7. The van der Waals surface area contributed by atoms with E-state index in [0.717, 1.165) is 25.7 Å². The van der Waals surface area contributed by atoms with E-state index in [9.17, 15) is 19.5 Å². The fourth-order valence-electron chi connectivity index (χ4n) is 6.14. The van der Waals surface area contributed by atoms with Crippen molar-refractivity contribution >= 4 is 17.8 Å². The van der Waals surface area contributed by atoms with Gasteiger partial charge in [0.15, 0.2) is 0 Å². The monoisotopic (exact) mass is 462 g/mol. The Morgan fingerprint density at radius 1 is 1.18 bits per heavy atom. The van der Waals surface area contributed by atoms with Crippen molar-refractivity contribution in [3.05, 3.63) is 12.2 Å². The van der Waals surface area contributed by atoms with Crippen molar-refractivity contribution in [2.45, 2.75) is 90.8 Å². The summed E-state index contributed by atoms with van der Waals surface area (Å²) in [6.07, 6.45) is 10.6. The van der Waals surface area contributed by atoms with Gasteiger partial charge in [-0.1, -0.05) is 52.2 Å². The molecule has 3 aliphatic rings. The van der Waals surface area contributed by atoms with Crippen LogP contribution in [0.2, 0.25) is 0 Å². The Labute approximate surface area is 198 Å². The van der Waals surface area contributed by atoms with Crippen molar-refractivity contribution in [2.75, 3.05) is 13.2 Å². The van der Waals surface area contributed by atoms with Gasteiger partial charge in [0, 0.05) is 12.0 Å². The van der Waals surface area contributed by atoms with E-state index in [2.05, 4.69) is 5.32 Å². The van der Waals surface area contributed by atoms with Crippen molar-refractivity contribution in [1.82, 2.24) is 10.2 Å². The number of aliphatic hydroxyl groups excluding tert-OH is 1. The van der Waals surface area contributed by atoms with E-state index in [-0.39, 0.29) is 48.9 Å². The zero-order valence-electron chi connectivity index (χ0n) is 20.7. The third kappa shape index (κ3) is 5.44. The van der Waals surface area contributed by atoms with Crippen LogP contribution in [-0.4, -0.2) is 59.1 Å². The van der Waals surface area contributed by atoms with Gasteiger partial charge in [0.05, 0.1) is 31.1 Å². The van der Waals surface area contributed by atoms with E-state index >= 15 is 0 Å². The number of nitrogens with one attached hydrogen (secondary N) is 1. The lowest BCUT2D eigenvalue weighted by Crippen LogP contribution is -2.54. The molecule has 0 aromatic heterocycles. The van der Waals surface area contributed by atoms with Gasteiger partial charge in [0.2, 0.25) is 11.8 Å². The third-order valence-electron chi connectivity index (χ3n) is 7.65. The second kappa shape index (κ2) is 11.5. The van der Waals surface area contributed by atoms with Crippen LogP contribution in [0.3, 0.4) is 0 Å². The molecule has 0 bridgehead atoms. The molecule has 3 rings (SSSR count). The van der Waals surface area contributed by atoms with E-state index in [1.165, 1.54) is 6.42 Å². The number of fused-ring (bicyclic) bond motifs is 1. The maximum absolute atomic E-state index is 13.9. The number of aliphatic hydroxyl groups is 1. The number of hydrogen-bond donors (Lipinski definition) is 2. The Bertz CT molecular complexity index is 730. The molecule has 2 amide bonds. The lowest BCUT2D eigenvalue weighted by Gasteiger charge is -2.35. The minimum absolute atomic E-state index is 0.103. The van der Waals surface area contributed by atoms with Gasteiger partial charge in [-0.05, 0) is 44.4 Å². The van der Waals surface area contributed by atoms with Gasteiger partial charge >= 0.3 is 5.97 Å². The van der Waals surface area contributed by atoms with Crippen LogP contribution < -0.4 is 5.32 Å². The van der Waals surface area contributed by atoms with Crippen LogP contribution >= 0.6 is 0 Å². The molecule has 1 aliphatic heterocycles. The number of hydrogen-bond acceptors (Lipinski definition) is 5. The Balaban J connectivity index is 1.98. The minimum atomic E-state index is -0.716. The SMILES string of the molecule is CCOC(=O)[C@H]1[C@H]2C(=O)N([C@@H](CO)CC(C)C)[C@H](C(=O)NC3CCCCC3)[C@H]2C=C[C@H]1CC. The molecular weight excluding hydrogens is 420 g/mol. The van der Waals surface area contributed by atoms with Crippen LogP contribution in [0.25, 0.3) is 0 Å². The molecule has 0 aromatic rings. The molecule has 7 heteroatoms. The van der Waals surface area contributed by atoms with E-state index < -0.39 is 29.8 Å². The lowest BCUT2D eigenvalue weighted by atomic mass is 9.69. The first-order valence-corrected chi connectivity index (χ1v) is 12.9. The highest BCUT2D eigenvalue weighted by Gasteiger charge is 2.58. The summed E-state index contributed by atoms with van der Waals surface area (Å²) in [5.74, 6) is -2.23. The number of carbonyl (C=O) groups is 3. The van der Waals surface area contributed by atoms with E-state index in [1.807, 2.05) is 32.9 Å². The van der Waals surface area contributed by atoms with Crippen LogP contribution in [-0.2, 0) is 19.1 Å². The summed E-state index contributed by atoms with van der Waals surface area (Å²) >= 11 is 0. The molecule has 6 atom stereocenters. The maximum Gasteiger partial charge on any atom is 0.310 e. The van der Waals surface area contributed by atoms with Crippen molar-refractivity contribution in [1.29, 1.82) is 0 Å². The minimum Gasteiger partial charge on any atom is -0.466 e. The first-order valence-electron chi connectivity index (χ1n) is 12.9. The largest absolute Gasteiger partial charge is 0.466 e. The number of amides is 2. The third-order valence-corrected chi connectivity index (χ3v) is 7.65. The van der Waals surface area contributed by atoms with Gasteiger partial charge in [0.25, 0.3) is 0 Å². The average molecular weight is 463 g/mol. The summed E-state index contributed by atoms with van der Waals surface area (Å²) in [6, 6.07) is -1.05. The standard InChI is InChI=1S/C26H42N2O5/c1-5-17-12-13-20-22(21(17)26(32)33-6-2)25(31)28(19(15-29)14-16(3)4)23(20)24(30)27-18-10-8-7-9-11-18/h12-13,16-23,29H,5-11,14-15H2,1-4H3,(H,27,30)/t17-,19-,20+,21-,22+,23+/m1/s1. The quantitative estimate of drug-likeness (QED) is 0.406. The number of likely N-dealkylation sites (tertiary alicyclic amines) is 1. The number of esters is 1. The van der Waals surface area contributed by atoms with Crippen LogP contribution in [0.1, 0.15) is 72.6 Å². The highest BCUT2D eigenvalue weighted by atomic mass is 16.5. The van der Waals surface area contributed by atoms with E-state index in [1.54, 1.807) is 11.8 Å². The first-order chi connectivity index (χ1) is 15.8. The molecule has 0 unspecified atom stereocenters. The molecule has 7 nitrogen and oxygen atoms in total. The Hall–Kier alpha value is -1.89. The topological polar surface area (TPSA) is 95.9 Å². The number of allylic oxidation sites excluding steroid dienone is 1. The predicted octanol–water partition coefficient (Wildman–Crippen LogP) is 3.06. The molecule has 2 N–H and O–H groups in total. The van der Waals surface area contributed by atoms with Crippen LogP contribution in [0, 0.1) is 29.6 Å². The fourth-order valence-corrected chi connectivity index (χ4v) is 6.14. The Morgan fingerprint density at radius 2 is 1.88 bits per heavy atom. The van der Waals surface area contributed by atoms with E-state index in [4.69, 9.17) is 4.74 Å². The van der Waals surface area contributed by atoms with Crippen molar-refractivity contribution < 1.29 is 24.2 Å². The highest BCUT2D eigenvalue weighted by Crippen LogP contribution is 2.46. The van der Waals surface area contributed by atoms with Gasteiger partial charge in [-0.15, -0.1) is 0 Å². The number of carbonyl (C=O) groups excluding carboxylic acids is 3. The highest BCUT2D eigenvalue weighted by molar-refractivity contribution is 5.96. The smallest absolute Gasteiger partial charge is 0.310 e. The van der Waals surface area contributed by atoms with Crippen LogP contribution in [0.15, 0.2) is 12.2 Å². The van der Waals surface area contributed by atoms with Gasteiger partial charge in [0.1, 0.15) is 6.04 Å². The summed E-state index contributed by atoms with van der Waals surface area (Å²) in [6.45, 7) is 7.90. The molecule has 2 aliphatic carbocycles. The van der Waals surface area contributed by atoms with Crippen LogP contribution in [0.4, 0.5) is 0 Å². The van der Waals surface area contributed by atoms with Gasteiger partial charge in [-0.3, -0.25) is 14.4 Å². The Kier molecular flexibility index (Phi) is 8.96. The molecule has 0 radical (unpaired) electrons. The molecule has 33 heavy (non-hydrogen) atoms. The molecule has 0 aromatic carbocycles. The first kappa shape index (κ1) is 25.7. The number of nitrogens with zero attached hydrogens (tertiary/aromatic N) is 1. The Morgan fingerprint density at radius 3 is 2.45 bits per heavy atom. The molecule has 1 heterocycles. The second-order valence-electron chi connectivity index (χ2n) is 10.3. The molecule has 1 saturated heterocycles. The van der Waals surface area contributed by atoms with Gasteiger partial charge in [-0.2, -0.15) is 0 Å². The summed E-state index contributed by atoms with van der Waals surface area (Å²) in [7, 11) is 0. The number of ether oxygens (including phenoxy) is 1.